The van der Waals surface area contributed by atoms with Crippen LogP contribution in [-0.4, -0.2) is 10.8 Å². The van der Waals surface area contributed by atoms with E-state index < -0.39 is 0 Å². The van der Waals surface area contributed by atoms with Gasteiger partial charge in [-0.25, -0.2) is 0 Å². The van der Waals surface area contributed by atoms with Gasteiger partial charge in [-0.2, -0.15) is 11.3 Å². The first kappa shape index (κ1) is 10.2. The van der Waals surface area contributed by atoms with Gasteiger partial charge in [0.15, 0.2) is 5.78 Å². The maximum absolute atomic E-state index is 12.1. The zero-order valence-corrected chi connectivity index (χ0v) is 9.78. The normalized spacial score (nSPS) is 10.6. The lowest BCUT2D eigenvalue weighted by molar-refractivity contribution is 0.103. The summed E-state index contributed by atoms with van der Waals surface area (Å²) >= 11 is 1.53. The topological polar surface area (TPSA) is 30.0 Å². The predicted molar refractivity (Wildman–Crippen MR) is 69.5 cm³/mol. The highest BCUT2D eigenvalue weighted by Crippen LogP contribution is 2.17. The number of ketones is 1. The Balaban J connectivity index is 2.09. The molecule has 2 aromatic heterocycles. The highest BCUT2D eigenvalue weighted by atomic mass is 32.1. The summed E-state index contributed by atoms with van der Waals surface area (Å²) in [6.45, 7) is 0. The maximum Gasteiger partial charge on any atom is 0.193 e. The molecule has 0 spiro atoms. The Labute approximate surface area is 103 Å². The van der Waals surface area contributed by atoms with E-state index in [4.69, 9.17) is 0 Å². The van der Waals surface area contributed by atoms with E-state index in [0.717, 1.165) is 16.5 Å². The number of carbonyl (C=O) groups is 1. The van der Waals surface area contributed by atoms with E-state index in [0.29, 0.717) is 5.56 Å². The average molecular weight is 239 g/mol. The smallest absolute Gasteiger partial charge is 0.193 e. The number of benzene rings is 1. The molecule has 82 valence electrons. The lowest BCUT2D eigenvalue weighted by Crippen LogP contribution is -1.99. The largest absolute Gasteiger partial charge is 0.289 e. The molecule has 0 saturated carbocycles. The van der Waals surface area contributed by atoms with Gasteiger partial charge in [0, 0.05) is 28.1 Å². The summed E-state index contributed by atoms with van der Waals surface area (Å²) in [5.41, 5.74) is 2.29. The molecule has 0 saturated heterocycles. The van der Waals surface area contributed by atoms with Gasteiger partial charge in [0.25, 0.3) is 0 Å². The van der Waals surface area contributed by atoms with Gasteiger partial charge in [-0.15, -0.1) is 0 Å². The molecule has 0 radical (unpaired) electrons. The SMILES string of the molecule is O=C(c1ccsc1)c1ccc2cccnc2c1. The van der Waals surface area contributed by atoms with Crippen molar-refractivity contribution in [1.82, 2.24) is 4.98 Å². The molecule has 3 aromatic rings. The molecule has 1 aromatic carbocycles. The highest BCUT2D eigenvalue weighted by Gasteiger charge is 2.09. The molecule has 0 amide bonds. The summed E-state index contributed by atoms with van der Waals surface area (Å²) < 4.78 is 0. The molecule has 0 aliphatic heterocycles. The first-order valence-corrected chi connectivity index (χ1v) is 6.20. The van der Waals surface area contributed by atoms with Crippen LogP contribution in [-0.2, 0) is 0 Å². The summed E-state index contributed by atoms with van der Waals surface area (Å²) in [7, 11) is 0. The van der Waals surface area contributed by atoms with E-state index in [9.17, 15) is 4.79 Å². The fraction of sp³-hybridized carbons (Fsp3) is 0. The van der Waals surface area contributed by atoms with Crippen molar-refractivity contribution in [3.63, 3.8) is 0 Å². The third-order valence-electron chi connectivity index (χ3n) is 2.65. The van der Waals surface area contributed by atoms with Gasteiger partial charge in [0.05, 0.1) is 5.52 Å². The second kappa shape index (κ2) is 4.11. The maximum atomic E-state index is 12.1. The number of nitrogens with zero attached hydrogens (tertiary/aromatic N) is 1. The van der Waals surface area contributed by atoms with E-state index in [1.54, 1.807) is 6.20 Å². The summed E-state index contributed by atoms with van der Waals surface area (Å²) in [4.78, 5) is 16.4. The molecular weight excluding hydrogens is 230 g/mol. The monoisotopic (exact) mass is 239 g/mol. The van der Waals surface area contributed by atoms with E-state index in [1.165, 1.54) is 11.3 Å². The Morgan fingerprint density at radius 2 is 2.06 bits per heavy atom. The summed E-state index contributed by atoms with van der Waals surface area (Å²) in [5, 5.41) is 4.83. The Hall–Kier alpha value is -2.00. The van der Waals surface area contributed by atoms with Gasteiger partial charge in [0.1, 0.15) is 0 Å². The molecule has 0 unspecified atom stereocenters. The molecular formula is C14H9NOS. The van der Waals surface area contributed by atoms with Gasteiger partial charge < -0.3 is 0 Å². The molecule has 17 heavy (non-hydrogen) atoms. The quantitative estimate of drug-likeness (QED) is 0.640. The van der Waals surface area contributed by atoms with Crippen LogP contribution in [0.1, 0.15) is 15.9 Å². The second-order valence-corrected chi connectivity index (χ2v) is 4.53. The van der Waals surface area contributed by atoms with Crippen LogP contribution in [0.2, 0.25) is 0 Å². The average Bonchev–Trinajstić information content (AvgIpc) is 2.91. The summed E-state index contributed by atoms with van der Waals surface area (Å²) in [5.74, 6) is 0.0544. The lowest BCUT2D eigenvalue weighted by atomic mass is 10.0. The predicted octanol–water partition coefficient (Wildman–Crippen LogP) is 3.53. The number of hydrogen-bond acceptors (Lipinski definition) is 3. The number of carbonyl (C=O) groups excluding carboxylic acids is 1. The Morgan fingerprint density at radius 3 is 2.88 bits per heavy atom. The first-order chi connectivity index (χ1) is 8.34. The Kier molecular flexibility index (Phi) is 2.46. The van der Waals surface area contributed by atoms with Crippen molar-refractivity contribution in [2.75, 3.05) is 0 Å². The van der Waals surface area contributed by atoms with Crippen LogP contribution in [0.5, 0.6) is 0 Å². The van der Waals surface area contributed by atoms with Crippen molar-refractivity contribution < 1.29 is 4.79 Å². The molecule has 0 N–H and O–H groups in total. The number of hydrogen-bond donors (Lipinski definition) is 0. The van der Waals surface area contributed by atoms with E-state index in [1.807, 2.05) is 47.2 Å². The molecule has 2 heterocycles. The van der Waals surface area contributed by atoms with Crippen molar-refractivity contribution in [2.45, 2.75) is 0 Å². The van der Waals surface area contributed by atoms with Crippen LogP contribution in [0.25, 0.3) is 10.9 Å². The first-order valence-electron chi connectivity index (χ1n) is 5.26. The lowest BCUT2D eigenvalue weighted by Gasteiger charge is -2.01. The second-order valence-electron chi connectivity index (χ2n) is 3.75. The number of fused-ring (bicyclic) bond motifs is 1. The van der Waals surface area contributed by atoms with Crippen molar-refractivity contribution in [1.29, 1.82) is 0 Å². The zero-order chi connectivity index (χ0) is 11.7. The Morgan fingerprint density at radius 1 is 1.12 bits per heavy atom. The minimum absolute atomic E-state index is 0.0544. The number of aromatic nitrogens is 1. The summed E-state index contributed by atoms with van der Waals surface area (Å²) in [6, 6.07) is 11.3. The minimum atomic E-state index is 0.0544. The van der Waals surface area contributed by atoms with Crippen LogP contribution >= 0.6 is 11.3 Å². The van der Waals surface area contributed by atoms with Gasteiger partial charge in [-0.1, -0.05) is 18.2 Å². The van der Waals surface area contributed by atoms with Gasteiger partial charge in [-0.05, 0) is 23.6 Å². The van der Waals surface area contributed by atoms with Gasteiger partial charge in [0.2, 0.25) is 0 Å². The third-order valence-corrected chi connectivity index (χ3v) is 3.33. The van der Waals surface area contributed by atoms with E-state index >= 15 is 0 Å². The van der Waals surface area contributed by atoms with E-state index in [-0.39, 0.29) is 5.78 Å². The Bertz CT molecular complexity index is 674. The highest BCUT2D eigenvalue weighted by molar-refractivity contribution is 7.08. The minimum Gasteiger partial charge on any atom is -0.289 e. The zero-order valence-electron chi connectivity index (χ0n) is 8.96. The van der Waals surface area contributed by atoms with Crippen molar-refractivity contribution in [2.24, 2.45) is 0 Å². The number of pyridine rings is 1. The van der Waals surface area contributed by atoms with Crippen LogP contribution in [0.15, 0.2) is 53.4 Å². The van der Waals surface area contributed by atoms with Crippen LogP contribution in [0.4, 0.5) is 0 Å². The molecule has 0 aliphatic carbocycles. The molecule has 0 bridgehead atoms. The molecule has 3 rings (SSSR count). The molecule has 2 nitrogen and oxygen atoms in total. The van der Waals surface area contributed by atoms with Crippen molar-refractivity contribution in [3.8, 4) is 0 Å². The number of thiophene rings is 1. The summed E-state index contributed by atoms with van der Waals surface area (Å²) in [6.07, 6.45) is 1.74. The molecule has 0 atom stereocenters. The van der Waals surface area contributed by atoms with E-state index in [2.05, 4.69) is 4.98 Å². The van der Waals surface area contributed by atoms with Crippen LogP contribution < -0.4 is 0 Å². The van der Waals surface area contributed by atoms with Gasteiger partial charge in [-0.3, -0.25) is 9.78 Å². The standard InChI is InChI=1S/C14H9NOS/c16-14(12-5-7-17-9-12)11-4-3-10-2-1-6-15-13(10)8-11/h1-9H. The fourth-order valence-corrected chi connectivity index (χ4v) is 2.40. The fourth-order valence-electron chi connectivity index (χ4n) is 1.77. The molecule has 3 heteroatoms. The van der Waals surface area contributed by atoms with Crippen LogP contribution in [0, 0.1) is 0 Å². The van der Waals surface area contributed by atoms with Gasteiger partial charge >= 0.3 is 0 Å². The molecule has 0 aliphatic rings. The third kappa shape index (κ3) is 1.85. The number of rotatable bonds is 2. The molecule has 0 fully saturated rings. The van der Waals surface area contributed by atoms with Crippen molar-refractivity contribution >= 4 is 28.0 Å². The van der Waals surface area contributed by atoms with Crippen LogP contribution in [0.3, 0.4) is 0 Å². The van der Waals surface area contributed by atoms with Crippen molar-refractivity contribution in [3.05, 3.63) is 64.5 Å².